The molecule has 1 aliphatic heterocycles. The maximum absolute atomic E-state index is 12.4. The van der Waals surface area contributed by atoms with E-state index in [-0.39, 0.29) is 17.7 Å². The van der Waals surface area contributed by atoms with E-state index >= 15 is 0 Å². The molecule has 1 saturated heterocycles. The first-order valence-corrected chi connectivity index (χ1v) is 8.22. The van der Waals surface area contributed by atoms with E-state index in [1.165, 1.54) is 12.8 Å². The number of hydrogen-bond acceptors (Lipinski definition) is 4. The van der Waals surface area contributed by atoms with Gasteiger partial charge in [0.2, 0.25) is 11.8 Å². The lowest BCUT2D eigenvalue weighted by molar-refractivity contribution is -0.128. The molecule has 1 N–H and O–H groups in total. The predicted molar refractivity (Wildman–Crippen MR) is 87.4 cm³/mol. The molecular formula is C17H19N5O2. The van der Waals surface area contributed by atoms with E-state index in [0.29, 0.717) is 24.6 Å². The van der Waals surface area contributed by atoms with Crippen molar-refractivity contribution in [1.82, 2.24) is 19.4 Å². The van der Waals surface area contributed by atoms with Gasteiger partial charge in [-0.2, -0.15) is 0 Å². The minimum absolute atomic E-state index is 0.0932. The van der Waals surface area contributed by atoms with Gasteiger partial charge in [-0.3, -0.25) is 14.2 Å². The number of carbonyl (C=O) groups is 2. The van der Waals surface area contributed by atoms with Gasteiger partial charge in [-0.05, 0) is 30.9 Å². The van der Waals surface area contributed by atoms with Gasteiger partial charge in [-0.1, -0.05) is 0 Å². The number of carbonyl (C=O) groups excluding carboxylic acids is 2. The standard InChI is InChI=1S/C17H19N5O2/c23-16-7-13(10-22(16)9-12-1-2-12)17(24)20-14-3-4-15(19-8-14)21-6-5-18-11-21/h3-6,8,11-13H,1-2,7,9-10H2,(H,20,24)/t13-/m0/s1. The predicted octanol–water partition coefficient (Wildman–Crippen LogP) is 1.46. The second kappa shape index (κ2) is 6.07. The van der Waals surface area contributed by atoms with Crippen LogP contribution in [0.3, 0.4) is 0 Å². The van der Waals surface area contributed by atoms with Crippen molar-refractivity contribution in [2.75, 3.05) is 18.4 Å². The molecule has 1 aliphatic carbocycles. The van der Waals surface area contributed by atoms with Gasteiger partial charge in [-0.25, -0.2) is 9.97 Å². The van der Waals surface area contributed by atoms with Gasteiger partial charge in [0.15, 0.2) is 0 Å². The molecule has 2 aliphatic rings. The Morgan fingerprint density at radius 1 is 1.33 bits per heavy atom. The number of pyridine rings is 1. The fourth-order valence-corrected chi connectivity index (χ4v) is 2.99. The highest BCUT2D eigenvalue weighted by Gasteiger charge is 2.37. The lowest BCUT2D eigenvalue weighted by Gasteiger charge is -2.16. The third-order valence-electron chi connectivity index (χ3n) is 4.55. The van der Waals surface area contributed by atoms with Crippen LogP contribution in [0.5, 0.6) is 0 Å². The van der Waals surface area contributed by atoms with Crippen LogP contribution in [0.2, 0.25) is 0 Å². The zero-order valence-electron chi connectivity index (χ0n) is 13.3. The minimum atomic E-state index is -0.274. The van der Waals surface area contributed by atoms with E-state index in [2.05, 4.69) is 15.3 Å². The highest BCUT2D eigenvalue weighted by Crippen LogP contribution is 2.32. The summed E-state index contributed by atoms with van der Waals surface area (Å²) >= 11 is 0. The van der Waals surface area contributed by atoms with Gasteiger partial charge >= 0.3 is 0 Å². The van der Waals surface area contributed by atoms with E-state index in [4.69, 9.17) is 0 Å². The number of nitrogens with one attached hydrogen (secondary N) is 1. The Hall–Kier alpha value is -2.70. The number of rotatable bonds is 5. The normalized spacial score (nSPS) is 20.4. The SMILES string of the molecule is O=C(Nc1ccc(-n2ccnc2)nc1)[C@H]1CC(=O)N(CC2CC2)C1. The zero-order chi connectivity index (χ0) is 16.5. The first-order chi connectivity index (χ1) is 11.7. The van der Waals surface area contributed by atoms with Gasteiger partial charge in [0.05, 0.1) is 17.8 Å². The summed E-state index contributed by atoms with van der Waals surface area (Å²) in [5, 5.41) is 2.86. The number of aromatic nitrogens is 3. The van der Waals surface area contributed by atoms with Crippen LogP contribution >= 0.6 is 0 Å². The second-order valence-corrected chi connectivity index (χ2v) is 6.51. The first kappa shape index (κ1) is 14.9. The monoisotopic (exact) mass is 325 g/mol. The van der Waals surface area contributed by atoms with E-state index in [1.807, 2.05) is 11.0 Å². The number of anilines is 1. The minimum Gasteiger partial charge on any atom is -0.342 e. The third kappa shape index (κ3) is 3.15. The summed E-state index contributed by atoms with van der Waals surface area (Å²) in [5.41, 5.74) is 0.636. The highest BCUT2D eigenvalue weighted by molar-refractivity contribution is 5.97. The van der Waals surface area contributed by atoms with Crippen molar-refractivity contribution in [3.63, 3.8) is 0 Å². The Kier molecular flexibility index (Phi) is 3.76. The van der Waals surface area contributed by atoms with E-state index in [0.717, 1.165) is 12.4 Å². The largest absolute Gasteiger partial charge is 0.342 e. The highest BCUT2D eigenvalue weighted by atomic mass is 16.2. The van der Waals surface area contributed by atoms with Crippen LogP contribution in [0, 0.1) is 11.8 Å². The fourth-order valence-electron chi connectivity index (χ4n) is 2.99. The van der Waals surface area contributed by atoms with Crippen LogP contribution in [-0.2, 0) is 9.59 Å². The lowest BCUT2D eigenvalue weighted by Crippen LogP contribution is -2.29. The summed E-state index contributed by atoms with van der Waals surface area (Å²) in [4.78, 5) is 34.5. The van der Waals surface area contributed by atoms with Gasteiger partial charge < -0.3 is 10.2 Å². The summed E-state index contributed by atoms with van der Waals surface area (Å²) in [6, 6.07) is 3.62. The maximum Gasteiger partial charge on any atom is 0.229 e. The summed E-state index contributed by atoms with van der Waals surface area (Å²) in [7, 11) is 0. The smallest absolute Gasteiger partial charge is 0.229 e. The lowest BCUT2D eigenvalue weighted by atomic mass is 10.1. The molecule has 24 heavy (non-hydrogen) atoms. The van der Waals surface area contributed by atoms with Crippen LogP contribution in [0.25, 0.3) is 5.82 Å². The van der Waals surface area contributed by atoms with Crippen LogP contribution < -0.4 is 5.32 Å². The molecule has 0 spiro atoms. The molecule has 2 aromatic heterocycles. The maximum atomic E-state index is 12.4. The van der Waals surface area contributed by atoms with Crippen molar-refractivity contribution < 1.29 is 9.59 Å². The Balaban J connectivity index is 1.36. The van der Waals surface area contributed by atoms with Crippen molar-refractivity contribution in [3.05, 3.63) is 37.1 Å². The van der Waals surface area contributed by atoms with Crippen molar-refractivity contribution in [3.8, 4) is 5.82 Å². The zero-order valence-corrected chi connectivity index (χ0v) is 13.3. The number of likely N-dealkylation sites (tertiary alicyclic amines) is 1. The molecule has 0 bridgehead atoms. The topological polar surface area (TPSA) is 80.1 Å². The second-order valence-electron chi connectivity index (χ2n) is 6.51. The van der Waals surface area contributed by atoms with Gasteiger partial charge in [-0.15, -0.1) is 0 Å². The Morgan fingerprint density at radius 3 is 2.88 bits per heavy atom. The molecule has 0 aromatic carbocycles. The van der Waals surface area contributed by atoms with Gasteiger partial charge in [0.1, 0.15) is 12.1 Å². The van der Waals surface area contributed by atoms with Crippen molar-refractivity contribution in [2.24, 2.45) is 11.8 Å². The third-order valence-corrected chi connectivity index (χ3v) is 4.55. The molecule has 0 unspecified atom stereocenters. The molecule has 3 heterocycles. The van der Waals surface area contributed by atoms with E-state index in [1.54, 1.807) is 35.6 Å². The van der Waals surface area contributed by atoms with E-state index < -0.39 is 0 Å². The van der Waals surface area contributed by atoms with Crippen LogP contribution in [0.15, 0.2) is 37.1 Å². The van der Waals surface area contributed by atoms with Gasteiger partial charge in [0, 0.05) is 31.9 Å². The molecule has 2 amide bonds. The first-order valence-electron chi connectivity index (χ1n) is 8.22. The molecule has 1 saturated carbocycles. The van der Waals surface area contributed by atoms with E-state index in [9.17, 15) is 9.59 Å². The molecule has 7 nitrogen and oxygen atoms in total. The summed E-state index contributed by atoms with van der Waals surface area (Å²) < 4.78 is 1.79. The quantitative estimate of drug-likeness (QED) is 0.902. The van der Waals surface area contributed by atoms with Crippen LogP contribution in [-0.4, -0.2) is 44.3 Å². The summed E-state index contributed by atoms with van der Waals surface area (Å²) in [6.07, 6.45) is 9.48. The van der Waals surface area contributed by atoms with Gasteiger partial charge in [0.25, 0.3) is 0 Å². The fraction of sp³-hybridized carbons (Fsp3) is 0.412. The molecule has 4 rings (SSSR count). The molecule has 124 valence electrons. The number of imidazole rings is 1. The van der Waals surface area contributed by atoms with Crippen molar-refractivity contribution in [1.29, 1.82) is 0 Å². The van der Waals surface area contributed by atoms with Crippen LogP contribution in [0.1, 0.15) is 19.3 Å². The number of hydrogen-bond donors (Lipinski definition) is 1. The van der Waals surface area contributed by atoms with Crippen molar-refractivity contribution in [2.45, 2.75) is 19.3 Å². The molecule has 2 fully saturated rings. The Morgan fingerprint density at radius 2 is 2.21 bits per heavy atom. The van der Waals surface area contributed by atoms with Crippen molar-refractivity contribution >= 4 is 17.5 Å². The molecular weight excluding hydrogens is 306 g/mol. The molecule has 0 radical (unpaired) electrons. The Labute approximate surface area is 139 Å². The Bertz CT molecular complexity index is 737. The summed E-state index contributed by atoms with van der Waals surface area (Å²) in [5.74, 6) is 1.09. The van der Waals surface area contributed by atoms with Crippen LogP contribution in [0.4, 0.5) is 5.69 Å². The number of amides is 2. The summed E-state index contributed by atoms with van der Waals surface area (Å²) in [6.45, 7) is 1.34. The molecule has 1 atom stereocenters. The number of nitrogens with zero attached hydrogens (tertiary/aromatic N) is 4. The molecule has 7 heteroatoms. The average molecular weight is 325 g/mol. The average Bonchev–Trinajstić information content (AvgIpc) is 3.08. The molecule has 2 aromatic rings.